The number of nitrogens with one attached hydrogen (secondary N) is 1. The fourth-order valence-electron chi connectivity index (χ4n) is 2.24. The monoisotopic (exact) mass is 269 g/mol. The Kier molecular flexibility index (Phi) is 5.39. The van der Waals surface area contributed by atoms with Crippen LogP contribution in [0.2, 0.25) is 0 Å². The summed E-state index contributed by atoms with van der Waals surface area (Å²) in [6.45, 7) is 2.00. The van der Waals surface area contributed by atoms with Crippen LogP contribution in [0.25, 0.3) is 0 Å². The molecule has 1 aromatic heterocycles. The summed E-state index contributed by atoms with van der Waals surface area (Å²) in [7, 11) is 1.75. The van der Waals surface area contributed by atoms with Gasteiger partial charge in [-0.05, 0) is 31.4 Å². The number of methoxy groups -OCH3 is 1. The van der Waals surface area contributed by atoms with Crippen LogP contribution in [0.1, 0.15) is 25.0 Å². The van der Waals surface area contributed by atoms with Gasteiger partial charge in [0.05, 0.1) is 24.6 Å². The van der Waals surface area contributed by atoms with E-state index < -0.39 is 6.10 Å². The SMILES string of the molecule is COC1(CNCC(O)COCc2ccco2)CCC1. The Morgan fingerprint density at radius 1 is 1.53 bits per heavy atom. The lowest BCUT2D eigenvalue weighted by Crippen LogP contribution is -2.49. The molecule has 108 valence electrons. The van der Waals surface area contributed by atoms with Crippen molar-refractivity contribution in [3.8, 4) is 0 Å². The summed E-state index contributed by atoms with van der Waals surface area (Å²) in [4.78, 5) is 0. The smallest absolute Gasteiger partial charge is 0.129 e. The molecular formula is C14H23NO4. The van der Waals surface area contributed by atoms with E-state index in [2.05, 4.69) is 5.32 Å². The van der Waals surface area contributed by atoms with Crippen molar-refractivity contribution in [3.63, 3.8) is 0 Å². The molecule has 0 spiro atoms. The van der Waals surface area contributed by atoms with Gasteiger partial charge in [-0.1, -0.05) is 0 Å². The van der Waals surface area contributed by atoms with Gasteiger partial charge in [-0.15, -0.1) is 0 Å². The molecule has 1 aliphatic carbocycles. The van der Waals surface area contributed by atoms with E-state index in [0.29, 0.717) is 19.8 Å². The van der Waals surface area contributed by atoms with Crippen LogP contribution in [0.5, 0.6) is 0 Å². The van der Waals surface area contributed by atoms with Crippen LogP contribution in [0.4, 0.5) is 0 Å². The maximum atomic E-state index is 9.78. The number of furan rings is 1. The van der Waals surface area contributed by atoms with Crippen LogP contribution < -0.4 is 5.32 Å². The van der Waals surface area contributed by atoms with Crippen LogP contribution in [0.3, 0.4) is 0 Å². The maximum absolute atomic E-state index is 9.78. The van der Waals surface area contributed by atoms with E-state index in [4.69, 9.17) is 13.9 Å². The molecule has 5 nitrogen and oxygen atoms in total. The van der Waals surface area contributed by atoms with Crippen LogP contribution in [0.15, 0.2) is 22.8 Å². The molecule has 0 radical (unpaired) electrons. The summed E-state index contributed by atoms with van der Waals surface area (Å²) >= 11 is 0. The Labute approximate surface area is 113 Å². The first kappa shape index (κ1) is 14.5. The van der Waals surface area contributed by atoms with Gasteiger partial charge in [0.1, 0.15) is 12.4 Å². The van der Waals surface area contributed by atoms with Crippen molar-refractivity contribution < 1.29 is 19.0 Å². The van der Waals surface area contributed by atoms with Gasteiger partial charge in [0, 0.05) is 20.2 Å². The Morgan fingerprint density at radius 2 is 2.37 bits per heavy atom. The lowest BCUT2D eigenvalue weighted by molar-refractivity contribution is -0.0713. The summed E-state index contributed by atoms with van der Waals surface area (Å²) in [5.41, 5.74) is -0.00521. The lowest BCUT2D eigenvalue weighted by Gasteiger charge is -2.40. The zero-order valence-electron chi connectivity index (χ0n) is 11.4. The molecule has 0 aromatic carbocycles. The highest BCUT2D eigenvalue weighted by atomic mass is 16.5. The molecule has 2 rings (SSSR count). The van der Waals surface area contributed by atoms with Gasteiger partial charge < -0.3 is 24.3 Å². The second-order valence-corrected chi connectivity index (χ2v) is 5.12. The van der Waals surface area contributed by atoms with Crippen molar-refractivity contribution in [1.29, 1.82) is 0 Å². The molecule has 0 amide bonds. The van der Waals surface area contributed by atoms with Gasteiger partial charge in [0.25, 0.3) is 0 Å². The summed E-state index contributed by atoms with van der Waals surface area (Å²) < 4.78 is 16.0. The van der Waals surface area contributed by atoms with Crippen molar-refractivity contribution in [2.75, 3.05) is 26.8 Å². The van der Waals surface area contributed by atoms with Crippen LogP contribution >= 0.6 is 0 Å². The molecule has 1 unspecified atom stereocenters. The molecule has 1 fully saturated rings. The molecule has 5 heteroatoms. The fraction of sp³-hybridized carbons (Fsp3) is 0.714. The van der Waals surface area contributed by atoms with Gasteiger partial charge in [-0.25, -0.2) is 0 Å². The molecule has 0 aliphatic heterocycles. The van der Waals surface area contributed by atoms with E-state index in [1.54, 1.807) is 13.4 Å². The van der Waals surface area contributed by atoms with E-state index >= 15 is 0 Å². The highest BCUT2D eigenvalue weighted by molar-refractivity contribution is 4.96. The van der Waals surface area contributed by atoms with Crippen molar-refractivity contribution >= 4 is 0 Å². The lowest BCUT2D eigenvalue weighted by atomic mass is 9.80. The highest BCUT2D eigenvalue weighted by Gasteiger charge is 2.36. The zero-order valence-corrected chi connectivity index (χ0v) is 11.4. The molecule has 1 heterocycles. The van der Waals surface area contributed by atoms with E-state index in [-0.39, 0.29) is 5.60 Å². The summed E-state index contributed by atoms with van der Waals surface area (Å²) in [5.74, 6) is 0.771. The van der Waals surface area contributed by atoms with Crippen molar-refractivity contribution in [1.82, 2.24) is 5.32 Å². The first-order chi connectivity index (χ1) is 9.24. The predicted octanol–water partition coefficient (Wildman–Crippen LogP) is 1.32. The van der Waals surface area contributed by atoms with Crippen molar-refractivity contribution in [3.05, 3.63) is 24.2 Å². The van der Waals surface area contributed by atoms with Crippen molar-refractivity contribution in [2.24, 2.45) is 0 Å². The van der Waals surface area contributed by atoms with E-state index in [0.717, 1.165) is 25.1 Å². The van der Waals surface area contributed by atoms with E-state index in [1.165, 1.54) is 6.42 Å². The first-order valence-electron chi connectivity index (χ1n) is 6.78. The van der Waals surface area contributed by atoms with Crippen molar-refractivity contribution in [2.45, 2.75) is 37.6 Å². The first-order valence-corrected chi connectivity index (χ1v) is 6.78. The molecule has 1 aliphatic rings. The van der Waals surface area contributed by atoms with Gasteiger partial charge in [0.2, 0.25) is 0 Å². The molecule has 1 saturated carbocycles. The number of hydrogen-bond donors (Lipinski definition) is 2. The third-order valence-electron chi connectivity index (χ3n) is 3.66. The fourth-order valence-corrected chi connectivity index (χ4v) is 2.24. The Balaban J connectivity index is 1.53. The molecule has 0 saturated heterocycles. The van der Waals surface area contributed by atoms with E-state index in [9.17, 15) is 5.11 Å². The summed E-state index contributed by atoms with van der Waals surface area (Å²) in [5, 5.41) is 13.0. The van der Waals surface area contributed by atoms with E-state index in [1.807, 2.05) is 12.1 Å². The third kappa shape index (κ3) is 4.31. The molecule has 2 N–H and O–H groups in total. The summed E-state index contributed by atoms with van der Waals surface area (Å²) in [6.07, 6.45) is 4.52. The second kappa shape index (κ2) is 7.05. The number of aliphatic hydroxyl groups is 1. The second-order valence-electron chi connectivity index (χ2n) is 5.12. The van der Waals surface area contributed by atoms with Gasteiger partial charge >= 0.3 is 0 Å². The molecular weight excluding hydrogens is 246 g/mol. The number of hydrogen-bond acceptors (Lipinski definition) is 5. The minimum atomic E-state index is -0.510. The molecule has 19 heavy (non-hydrogen) atoms. The summed E-state index contributed by atoms with van der Waals surface area (Å²) in [6, 6.07) is 3.67. The van der Waals surface area contributed by atoms with Crippen LogP contribution in [0, 0.1) is 0 Å². The minimum absolute atomic E-state index is 0.00521. The molecule has 0 bridgehead atoms. The third-order valence-corrected chi connectivity index (χ3v) is 3.66. The Hall–Kier alpha value is -0.880. The van der Waals surface area contributed by atoms with Gasteiger partial charge in [0.15, 0.2) is 0 Å². The maximum Gasteiger partial charge on any atom is 0.129 e. The quantitative estimate of drug-likeness (QED) is 0.708. The average Bonchev–Trinajstić information content (AvgIpc) is 2.86. The molecule has 1 aromatic rings. The molecule has 1 atom stereocenters. The largest absolute Gasteiger partial charge is 0.467 e. The Bertz CT molecular complexity index is 343. The van der Waals surface area contributed by atoms with Gasteiger partial charge in [-0.2, -0.15) is 0 Å². The van der Waals surface area contributed by atoms with Crippen LogP contribution in [-0.4, -0.2) is 43.6 Å². The number of rotatable bonds is 9. The normalized spacial score (nSPS) is 19.1. The standard InChI is InChI=1S/C14H23NO4/c1-17-14(5-3-6-14)11-15-8-12(16)9-18-10-13-4-2-7-19-13/h2,4,7,12,15-16H,3,5-6,8-11H2,1H3. The Morgan fingerprint density at radius 3 is 2.95 bits per heavy atom. The van der Waals surface area contributed by atoms with Gasteiger partial charge in [-0.3, -0.25) is 0 Å². The topological polar surface area (TPSA) is 63.9 Å². The average molecular weight is 269 g/mol. The minimum Gasteiger partial charge on any atom is -0.467 e. The number of aliphatic hydroxyl groups excluding tert-OH is 1. The predicted molar refractivity (Wildman–Crippen MR) is 70.8 cm³/mol. The highest BCUT2D eigenvalue weighted by Crippen LogP contribution is 2.34. The zero-order chi connectivity index (χ0) is 13.6. The van der Waals surface area contributed by atoms with Crippen LogP contribution in [-0.2, 0) is 16.1 Å². The number of ether oxygens (including phenoxy) is 2.